The third-order valence-corrected chi connectivity index (χ3v) is 2.15. The van der Waals surface area contributed by atoms with Gasteiger partial charge in [-0.25, -0.2) is 9.78 Å². The van der Waals surface area contributed by atoms with Crippen LogP contribution in [-0.2, 0) is 4.74 Å². The Labute approximate surface area is 103 Å². The maximum atomic E-state index is 11.3. The van der Waals surface area contributed by atoms with Crippen LogP contribution in [0.2, 0.25) is 0 Å². The van der Waals surface area contributed by atoms with E-state index in [1.807, 2.05) is 0 Å². The highest BCUT2D eigenvalue weighted by Gasteiger charge is 2.09. The number of pyridine rings is 2. The lowest BCUT2D eigenvalue weighted by Gasteiger charge is -2.07. The Morgan fingerprint density at radius 2 is 2.22 bits per heavy atom. The van der Waals surface area contributed by atoms with Crippen LogP contribution >= 0.6 is 0 Å². The summed E-state index contributed by atoms with van der Waals surface area (Å²) in [7, 11) is 1.30. The molecule has 18 heavy (non-hydrogen) atoms. The first kappa shape index (κ1) is 11.8. The van der Waals surface area contributed by atoms with Gasteiger partial charge in [-0.15, -0.1) is 0 Å². The van der Waals surface area contributed by atoms with Crippen LogP contribution in [0.25, 0.3) is 0 Å². The summed E-state index contributed by atoms with van der Waals surface area (Å²) >= 11 is 0. The third kappa shape index (κ3) is 2.54. The van der Waals surface area contributed by atoms with Crippen molar-refractivity contribution in [3.8, 4) is 11.6 Å². The van der Waals surface area contributed by atoms with Crippen molar-refractivity contribution in [1.29, 1.82) is 0 Å². The van der Waals surface area contributed by atoms with Crippen molar-refractivity contribution < 1.29 is 14.3 Å². The van der Waals surface area contributed by atoms with Crippen LogP contribution in [0.4, 0.5) is 5.69 Å². The number of esters is 1. The Hall–Kier alpha value is -2.63. The van der Waals surface area contributed by atoms with Gasteiger partial charge in [0.1, 0.15) is 5.75 Å². The van der Waals surface area contributed by atoms with Gasteiger partial charge in [0.25, 0.3) is 0 Å². The summed E-state index contributed by atoms with van der Waals surface area (Å²) in [6, 6.07) is 4.87. The molecule has 0 radical (unpaired) electrons. The highest BCUT2D eigenvalue weighted by Crippen LogP contribution is 2.24. The number of hydrogen-bond donors (Lipinski definition) is 1. The fraction of sp³-hybridized carbons (Fsp3) is 0.0833. The molecule has 0 amide bonds. The van der Waals surface area contributed by atoms with Crippen LogP contribution in [0.15, 0.2) is 36.8 Å². The van der Waals surface area contributed by atoms with Crippen molar-refractivity contribution in [1.82, 2.24) is 9.97 Å². The molecule has 0 atom stereocenters. The van der Waals surface area contributed by atoms with Gasteiger partial charge in [-0.1, -0.05) is 0 Å². The van der Waals surface area contributed by atoms with E-state index >= 15 is 0 Å². The van der Waals surface area contributed by atoms with Crippen molar-refractivity contribution in [3.63, 3.8) is 0 Å². The number of rotatable bonds is 3. The lowest BCUT2D eigenvalue weighted by molar-refractivity contribution is 0.0600. The second kappa shape index (κ2) is 5.13. The predicted molar refractivity (Wildman–Crippen MR) is 64.3 cm³/mol. The molecule has 0 fully saturated rings. The quantitative estimate of drug-likeness (QED) is 0.827. The molecule has 2 heterocycles. The number of carbonyl (C=O) groups excluding carboxylic acids is 1. The second-order valence-electron chi connectivity index (χ2n) is 3.40. The highest BCUT2D eigenvalue weighted by molar-refractivity contribution is 5.89. The standard InChI is InChI=1S/C12H11N3O3/c1-17-12(16)8-5-9(7-14-6-8)18-11-10(13)3-2-4-15-11/h2-7H,13H2,1H3. The summed E-state index contributed by atoms with van der Waals surface area (Å²) in [5, 5.41) is 0. The van der Waals surface area contributed by atoms with Crippen LogP contribution in [0.3, 0.4) is 0 Å². The van der Waals surface area contributed by atoms with Crippen molar-refractivity contribution >= 4 is 11.7 Å². The largest absolute Gasteiger partial charge is 0.465 e. The molecule has 0 aliphatic rings. The second-order valence-corrected chi connectivity index (χ2v) is 3.40. The van der Waals surface area contributed by atoms with Crippen LogP contribution in [0, 0.1) is 0 Å². The number of nitrogens with zero attached hydrogens (tertiary/aromatic N) is 2. The van der Waals surface area contributed by atoms with E-state index in [9.17, 15) is 4.79 Å². The average molecular weight is 245 g/mol. The molecule has 0 aromatic carbocycles. The van der Waals surface area contributed by atoms with Crippen molar-refractivity contribution in [2.45, 2.75) is 0 Å². The predicted octanol–water partition coefficient (Wildman–Crippen LogP) is 1.64. The van der Waals surface area contributed by atoms with Crippen molar-refractivity contribution in [3.05, 3.63) is 42.4 Å². The molecule has 6 nitrogen and oxygen atoms in total. The highest BCUT2D eigenvalue weighted by atomic mass is 16.5. The van der Waals surface area contributed by atoms with Gasteiger partial charge in [-0.2, -0.15) is 0 Å². The first-order valence-electron chi connectivity index (χ1n) is 5.12. The zero-order valence-corrected chi connectivity index (χ0v) is 9.66. The minimum Gasteiger partial charge on any atom is -0.465 e. The summed E-state index contributed by atoms with van der Waals surface area (Å²) in [6.45, 7) is 0. The number of ether oxygens (including phenoxy) is 2. The zero-order valence-electron chi connectivity index (χ0n) is 9.66. The molecule has 2 aromatic rings. The van der Waals surface area contributed by atoms with E-state index in [2.05, 4.69) is 14.7 Å². The maximum absolute atomic E-state index is 11.3. The van der Waals surface area contributed by atoms with Crippen LogP contribution in [0.5, 0.6) is 11.6 Å². The van der Waals surface area contributed by atoms with Crippen LogP contribution < -0.4 is 10.5 Å². The molecule has 92 valence electrons. The van der Waals surface area contributed by atoms with E-state index in [1.165, 1.54) is 25.6 Å². The molecule has 0 aliphatic carbocycles. The van der Waals surface area contributed by atoms with Gasteiger partial charge in [-0.05, 0) is 18.2 Å². The monoisotopic (exact) mass is 245 g/mol. The summed E-state index contributed by atoms with van der Waals surface area (Å²) in [6.07, 6.45) is 4.41. The van der Waals surface area contributed by atoms with E-state index in [0.29, 0.717) is 17.0 Å². The fourth-order valence-electron chi connectivity index (χ4n) is 1.30. The topological polar surface area (TPSA) is 87.3 Å². The number of carbonyl (C=O) groups is 1. The number of aromatic nitrogens is 2. The number of nitrogen functional groups attached to an aromatic ring is 1. The maximum Gasteiger partial charge on any atom is 0.339 e. The van der Waals surface area contributed by atoms with Crippen LogP contribution in [0.1, 0.15) is 10.4 Å². The SMILES string of the molecule is COC(=O)c1cncc(Oc2ncccc2N)c1. The smallest absolute Gasteiger partial charge is 0.339 e. The van der Waals surface area contributed by atoms with Crippen LogP contribution in [-0.4, -0.2) is 23.0 Å². The molecular formula is C12H11N3O3. The molecule has 2 rings (SSSR count). The third-order valence-electron chi connectivity index (χ3n) is 2.15. The van der Waals surface area contributed by atoms with E-state index in [0.717, 1.165) is 0 Å². The Morgan fingerprint density at radius 1 is 1.39 bits per heavy atom. The lowest BCUT2D eigenvalue weighted by atomic mass is 10.3. The molecule has 0 saturated heterocycles. The Bertz CT molecular complexity index is 572. The molecular weight excluding hydrogens is 234 g/mol. The minimum absolute atomic E-state index is 0.265. The minimum atomic E-state index is -0.484. The molecule has 0 bridgehead atoms. The molecule has 0 unspecified atom stereocenters. The van der Waals surface area contributed by atoms with Gasteiger partial charge < -0.3 is 15.2 Å². The van der Waals surface area contributed by atoms with E-state index in [4.69, 9.17) is 10.5 Å². The molecule has 2 aromatic heterocycles. The van der Waals surface area contributed by atoms with Crippen molar-refractivity contribution in [2.75, 3.05) is 12.8 Å². The molecule has 0 aliphatic heterocycles. The lowest BCUT2D eigenvalue weighted by Crippen LogP contribution is -2.02. The van der Waals surface area contributed by atoms with Crippen molar-refractivity contribution in [2.24, 2.45) is 0 Å². The summed E-state index contributed by atoms with van der Waals surface area (Å²) in [5.41, 5.74) is 6.39. The number of nitrogens with two attached hydrogens (primary N) is 1. The van der Waals surface area contributed by atoms with E-state index in [1.54, 1.807) is 18.3 Å². The summed E-state index contributed by atoms with van der Waals surface area (Å²) in [5.74, 6) is 0.145. The summed E-state index contributed by atoms with van der Waals surface area (Å²) < 4.78 is 10.0. The number of hydrogen-bond acceptors (Lipinski definition) is 6. The molecule has 2 N–H and O–H groups in total. The molecule has 0 spiro atoms. The average Bonchev–Trinajstić information content (AvgIpc) is 2.41. The summed E-state index contributed by atoms with van der Waals surface area (Å²) in [4.78, 5) is 19.2. The Balaban J connectivity index is 2.25. The first-order valence-corrected chi connectivity index (χ1v) is 5.12. The van der Waals surface area contributed by atoms with Gasteiger partial charge in [0.15, 0.2) is 0 Å². The fourth-order valence-corrected chi connectivity index (χ4v) is 1.30. The van der Waals surface area contributed by atoms with Gasteiger partial charge in [0.05, 0.1) is 24.6 Å². The molecule has 6 heteroatoms. The zero-order chi connectivity index (χ0) is 13.0. The van der Waals surface area contributed by atoms with Gasteiger partial charge >= 0.3 is 5.97 Å². The van der Waals surface area contributed by atoms with Gasteiger partial charge in [0, 0.05) is 12.4 Å². The van der Waals surface area contributed by atoms with E-state index in [-0.39, 0.29) is 5.88 Å². The van der Waals surface area contributed by atoms with Gasteiger partial charge in [-0.3, -0.25) is 4.98 Å². The Kier molecular flexibility index (Phi) is 3.38. The molecule has 0 saturated carbocycles. The van der Waals surface area contributed by atoms with E-state index < -0.39 is 5.97 Å². The van der Waals surface area contributed by atoms with Gasteiger partial charge in [0.2, 0.25) is 5.88 Å². The normalized spacial score (nSPS) is 9.83. The Morgan fingerprint density at radius 3 is 2.94 bits per heavy atom. The number of methoxy groups -OCH3 is 1. The first-order chi connectivity index (χ1) is 8.70. The number of anilines is 1.